The van der Waals surface area contributed by atoms with Gasteiger partial charge in [0.1, 0.15) is 4.60 Å². The molecule has 0 aliphatic heterocycles. The van der Waals surface area contributed by atoms with Crippen LogP contribution < -0.4 is 0 Å². The molecule has 3 nitrogen and oxygen atoms in total. The zero-order chi connectivity index (χ0) is 10.8. The highest BCUT2D eigenvalue weighted by Crippen LogP contribution is 2.17. The Hall–Kier alpha value is -1.42. The van der Waals surface area contributed by atoms with Gasteiger partial charge in [-0.15, -0.1) is 0 Å². The number of aromatic nitrogens is 1. The van der Waals surface area contributed by atoms with Crippen molar-refractivity contribution >= 4 is 32.8 Å². The second kappa shape index (κ2) is 3.98. The van der Waals surface area contributed by atoms with Crippen LogP contribution >= 0.6 is 15.9 Å². The van der Waals surface area contributed by atoms with Crippen LogP contribution in [0.1, 0.15) is 10.4 Å². The molecule has 2 rings (SSSR count). The standard InChI is InChI=1S/C11H8BrNO2/c1-15-11(14)8-3-2-7-4-5-10(12)13-9(7)6-8/h2-6H,1H3. The second-order valence-electron chi connectivity index (χ2n) is 3.03. The van der Waals surface area contributed by atoms with Gasteiger partial charge in [0.25, 0.3) is 0 Å². The van der Waals surface area contributed by atoms with E-state index in [1.165, 1.54) is 7.11 Å². The molecule has 0 N–H and O–H groups in total. The molecular weight excluding hydrogens is 258 g/mol. The number of esters is 1. The molecule has 0 amide bonds. The van der Waals surface area contributed by atoms with Gasteiger partial charge in [0.05, 0.1) is 18.2 Å². The van der Waals surface area contributed by atoms with Crippen molar-refractivity contribution < 1.29 is 9.53 Å². The van der Waals surface area contributed by atoms with Crippen LogP contribution in [0.5, 0.6) is 0 Å². The largest absolute Gasteiger partial charge is 0.465 e. The Morgan fingerprint density at radius 3 is 2.80 bits per heavy atom. The molecule has 0 unspecified atom stereocenters. The number of carbonyl (C=O) groups excluding carboxylic acids is 1. The predicted molar refractivity (Wildman–Crippen MR) is 60.8 cm³/mol. The summed E-state index contributed by atoms with van der Waals surface area (Å²) in [5.74, 6) is -0.348. The van der Waals surface area contributed by atoms with Crippen molar-refractivity contribution in [2.75, 3.05) is 7.11 Å². The Morgan fingerprint density at radius 2 is 2.07 bits per heavy atom. The minimum Gasteiger partial charge on any atom is -0.465 e. The Bertz CT molecular complexity index is 525. The number of fused-ring (bicyclic) bond motifs is 1. The average molecular weight is 266 g/mol. The normalized spacial score (nSPS) is 10.3. The third-order valence-electron chi connectivity index (χ3n) is 2.08. The van der Waals surface area contributed by atoms with Gasteiger partial charge in [0, 0.05) is 5.39 Å². The molecule has 0 saturated heterocycles. The molecule has 0 spiro atoms. The van der Waals surface area contributed by atoms with E-state index in [0.717, 1.165) is 15.5 Å². The molecule has 2 aromatic rings. The SMILES string of the molecule is COC(=O)c1ccc2ccc(Br)nc2c1. The first kappa shape index (κ1) is 10.1. The van der Waals surface area contributed by atoms with Crippen molar-refractivity contribution in [1.82, 2.24) is 4.98 Å². The minimum absolute atomic E-state index is 0.348. The first-order valence-electron chi connectivity index (χ1n) is 4.35. The minimum atomic E-state index is -0.348. The van der Waals surface area contributed by atoms with Gasteiger partial charge in [0.2, 0.25) is 0 Å². The number of pyridine rings is 1. The molecule has 0 fully saturated rings. The molecule has 1 aromatic carbocycles. The molecule has 0 aliphatic carbocycles. The van der Waals surface area contributed by atoms with Crippen LogP contribution in [0.2, 0.25) is 0 Å². The van der Waals surface area contributed by atoms with Gasteiger partial charge in [-0.1, -0.05) is 12.1 Å². The van der Waals surface area contributed by atoms with E-state index in [-0.39, 0.29) is 5.97 Å². The maximum atomic E-state index is 11.3. The molecule has 76 valence electrons. The smallest absolute Gasteiger partial charge is 0.337 e. The summed E-state index contributed by atoms with van der Waals surface area (Å²) in [4.78, 5) is 15.5. The first-order valence-corrected chi connectivity index (χ1v) is 5.14. The van der Waals surface area contributed by atoms with E-state index in [4.69, 9.17) is 0 Å². The number of methoxy groups -OCH3 is 1. The molecule has 0 aliphatic rings. The van der Waals surface area contributed by atoms with E-state index in [9.17, 15) is 4.79 Å². The fourth-order valence-corrected chi connectivity index (χ4v) is 1.66. The Kier molecular flexibility index (Phi) is 2.68. The summed E-state index contributed by atoms with van der Waals surface area (Å²) >= 11 is 3.28. The summed E-state index contributed by atoms with van der Waals surface area (Å²) < 4.78 is 5.38. The van der Waals surface area contributed by atoms with Gasteiger partial charge in [-0.3, -0.25) is 0 Å². The predicted octanol–water partition coefficient (Wildman–Crippen LogP) is 2.78. The van der Waals surface area contributed by atoms with E-state index < -0.39 is 0 Å². The summed E-state index contributed by atoms with van der Waals surface area (Å²) in [7, 11) is 1.36. The number of carbonyl (C=O) groups is 1. The van der Waals surface area contributed by atoms with E-state index in [0.29, 0.717) is 5.56 Å². The number of benzene rings is 1. The molecule has 0 saturated carbocycles. The quantitative estimate of drug-likeness (QED) is 0.588. The maximum Gasteiger partial charge on any atom is 0.337 e. The highest BCUT2D eigenvalue weighted by molar-refractivity contribution is 9.10. The molecule has 15 heavy (non-hydrogen) atoms. The van der Waals surface area contributed by atoms with E-state index in [2.05, 4.69) is 25.7 Å². The zero-order valence-corrected chi connectivity index (χ0v) is 9.61. The van der Waals surface area contributed by atoms with Gasteiger partial charge in [-0.2, -0.15) is 0 Å². The molecule has 0 atom stereocenters. The van der Waals surface area contributed by atoms with Crippen molar-refractivity contribution in [2.45, 2.75) is 0 Å². The third kappa shape index (κ3) is 1.99. The van der Waals surface area contributed by atoms with Gasteiger partial charge < -0.3 is 4.74 Å². The molecular formula is C11H8BrNO2. The number of ether oxygens (including phenoxy) is 1. The van der Waals surface area contributed by atoms with Crippen LogP contribution in [0.4, 0.5) is 0 Å². The van der Waals surface area contributed by atoms with E-state index in [1.54, 1.807) is 12.1 Å². The van der Waals surface area contributed by atoms with Crippen LogP contribution in [0.25, 0.3) is 10.9 Å². The van der Waals surface area contributed by atoms with Gasteiger partial charge in [-0.25, -0.2) is 9.78 Å². The molecule has 0 radical (unpaired) electrons. The monoisotopic (exact) mass is 265 g/mol. The fraction of sp³-hybridized carbons (Fsp3) is 0.0909. The Balaban J connectivity index is 2.59. The highest BCUT2D eigenvalue weighted by atomic mass is 79.9. The third-order valence-corrected chi connectivity index (χ3v) is 2.52. The Labute approximate surface area is 95.2 Å². The lowest BCUT2D eigenvalue weighted by Crippen LogP contribution is -2.00. The van der Waals surface area contributed by atoms with E-state index in [1.807, 2.05) is 18.2 Å². The van der Waals surface area contributed by atoms with Gasteiger partial charge in [0.15, 0.2) is 0 Å². The fourth-order valence-electron chi connectivity index (χ4n) is 1.34. The second-order valence-corrected chi connectivity index (χ2v) is 3.85. The van der Waals surface area contributed by atoms with Gasteiger partial charge >= 0.3 is 5.97 Å². The van der Waals surface area contributed by atoms with Crippen LogP contribution in [0, 0.1) is 0 Å². The number of hydrogen-bond acceptors (Lipinski definition) is 3. The van der Waals surface area contributed by atoms with Crippen molar-refractivity contribution in [3.63, 3.8) is 0 Å². The summed E-state index contributed by atoms with van der Waals surface area (Å²) in [5.41, 5.74) is 1.28. The number of halogens is 1. The van der Waals surface area contributed by atoms with Crippen molar-refractivity contribution in [3.8, 4) is 0 Å². The van der Waals surface area contributed by atoms with Crippen LogP contribution in [-0.2, 0) is 4.74 Å². The van der Waals surface area contributed by atoms with Crippen molar-refractivity contribution in [3.05, 3.63) is 40.5 Å². The lowest BCUT2D eigenvalue weighted by Gasteiger charge is -2.01. The molecule has 1 heterocycles. The van der Waals surface area contributed by atoms with Crippen molar-refractivity contribution in [2.24, 2.45) is 0 Å². The lowest BCUT2D eigenvalue weighted by molar-refractivity contribution is 0.0601. The van der Waals surface area contributed by atoms with Crippen LogP contribution in [-0.4, -0.2) is 18.1 Å². The topological polar surface area (TPSA) is 39.2 Å². The first-order chi connectivity index (χ1) is 7.20. The Morgan fingerprint density at radius 1 is 1.33 bits per heavy atom. The molecule has 0 bridgehead atoms. The number of rotatable bonds is 1. The van der Waals surface area contributed by atoms with Crippen molar-refractivity contribution in [1.29, 1.82) is 0 Å². The number of hydrogen-bond donors (Lipinski definition) is 0. The lowest BCUT2D eigenvalue weighted by atomic mass is 10.1. The van der Waals surface area contributed by atoms with E-state index >= 15 is 0 Å². The summed E-state index contributed by atoms with van der Waals surface area (Å²) in [6.45, 7) is 0. The van der Waals surface area contributed by atoms with Crippen LogP contribution in [0.15, 0.2) is 34.9 Å². The summed E-state index contributed by atoms with van der Waals surface area (Å²) in [6.07, 6.45) is 0. The zero-order valence-electron chi connectivity index (χ0n) is 8.03. The summed E-state index contributed by atoms with van der Waals surface area (Å²) in [5, 5.41) is 0.992. The average Bonchev–Trinajstić information content (AvgIpc) is 2.27. The maximum absolute atomic E-state index is 11.3. The van der Waals surface area contributed by atoms with Crippen LogP contribution in [0.3, 0.4) is 0 Å². The van der Waals surface area contributed by atoms with Gasteiger partial charge in [-0.05, 0) is 34.1 Å². The molecule has 1 aromatic heterocycles. The number of nitrogens with zero attached hydrogens (tertiary/aromatic N) is 1. The molecule has 4 heteroatoms. The highest BCUT2D eigenvalue weighted by Gasteiger charge is 2.06. The summed E-state index contributed by atoms with van der Waals surface area (Å²) in [6, 6.07) is 9.09.